The van der Waals surface area contributed by atoms with Crippen LogP contribution in [0.25, 0.3) is 0 Å². The van der Waals surface area contributed by atoms with E-state index in [1.54, 1.807) is 12.1 Å². The minimum absolute atomic E-state index is 0.141. The molecule has 4 heteroatoms. The average Bonchev–Trinajstić information content (AvgIpc) is 2.38. The maximum absolute atomic E-state index is 11.5. The first kappa shape index (κ1) is 13.6. The molecule has 1 aromatic carbocycles. The summed E-state index contributed by atoms with van der Waals surface area (Å²) in [6.45, 7) is 2.23. The van der Waals surface area contributed by atoms with Crippen molar-refractivity contribution in [1.29, 1.82) is 0 Å². The Kier molecular flexibility index (Phi) is 4.20. The van der Waals surface area contributed by atoms with Crippen LogP contribution in [0.3, 0.4) is 0 Å². The van der Waals surface area contributed by atoms with E-state index in [4.69, 9.17) is 9.84 Å². The predicted octanol–water partition coefficient (Wildman–Crippen LogP) is 2.44. The van der Waals surface area contributed by atoms with Crippen molar-refractivity contribution in [2.24, 2.45) is 5.92 Å². The number of hydrogen-bond acceptors (Lipinski definition) is 3. The molecule has 1 aromatic rings. The third kappa shape index (κ3) is 3.34. The van der Waals surface area contributed by atoms with E-state index in [9.17, 15) is 9.59 Å². The summed E-state index contributed by atoms with van der Waals surface area (Å²) in [6.07, 6.45) is 3.03. The molecule has 1 N–H and O–H groups in total. The van der Waals surface area contributed by atoms with Gasteiger partial charge >= 0.3 is 11.9 Å². The number of benzene rings is 1. The van der Waals surface area contributed by atoms with Crippen LogP contribution in [0.15, 0.2) is 18.2 Å². The Bertz CT molecular complexity index is 493. The summed E-state index contributed by atoms with van der Waals surface area (Å²) in [4.78, 5) is 22.4. The highest BCUT2D eigenvalue weighted by atomic mass is 16.5. The Morgan fingerprint density at radius 1 is 1.37 bits per heavy atom. The molecule has 0 saturated heterocycles. The zero-order valence-corrected chi connectivity index (χ0v) is 11.0. The number of carbonyl (C=O) groups is 2. The molecule has 0 bridgehead atoms. The number of ether oxygens (including phenoxy) is 1. The maximum Gasteiger partial charge on any atom is 0.335 e. The lowest BCUT2D eigenvalue weighted by atomic mass is 9.81. The van der Waals surface area contributed by atoms with Gasteiger partial charge in [-0.25, -0.2) is 4.79 Å². The van der Waals surface area contributed by atoms with E-state index in [1.165, 1.54) is 0 Å². The van der Waals surface area contributed by atoms with Gasteiger partial charge in [-0.2, -0.15) is 0 Å². The standard InChI is InChI=1S/C15H18O4/c1-2-19-14(16)8-10-3-4-12-9-13(15(17)18)6-5-11(12)7-10/h5-6,9-10H,2-4,7-8H2,1H3,(H,17,18). The molecule has 19 heavy (non-hydrogen) atoms. The minimum atomic E-state index is -0.892. The third-order valence-corrected chi connectivity index (χ3v) is 3.54. The molecule has 0 radical (unpaired) electrons. The summed E-state index contributed by atoms with van der Waals surface area (Å²) in [7, 11) is 0. The van der Waals surface area contributed by atoms with E-state index in [0.717, 1.165) is 30.4 Å². The van der Waals surface area contributed by atoms with Crippen molar-refractivity contribution in [2.45, 2.75) is 32.6 Å². The summed E-state index contributed by atoms with van der Waals surface area (Å²) in [5.74, 6) is -0.725. The van der Waals surface area contributed by atoms with Gasteiger partial charge in [-0.05, 0) is 55.4 Å². The largest absolute Gasteiger partial charge is 0.478 e. The van der Waals surface area contributed by atoms with Gasteiger partial charge in [-0.15, -0.1) is 0 Å². The lowest BCUT2D eigenvalue weighted by molar-refractivity contribution is -0.144. The molecule has 0 fully saturated rings. The van der Waals surface area contributed by atoms with Crippen LogP contribution in [0.1, 0.15) is 41.3 Å². The fourth-order valence-electron chi connectivity index (χ4n) is 2.59. The van der Waals surface area contributed by atoms with Gasteiger partial charge < -0.3 is 9.84 Å². The summed E-state index contributed by atoms with van der Waals surface area (Å²) < 4.78 is 4.97. The second-order valence-electron chi connectivity index (χ2n) is 4.91. The minimum Gasteiger partial charge on any atom is -0.478 e. The van der Waals surface area contributed by atoms with Crippen LogP contribution in [0, 0.1) is 5.92 Å². The van der Waals surface area contributed by atoms with E-state index in [-0.39, 0.29) is 5.97 Å². The van der Waals surface area contributed by atoms with Gasteiger partial charge in [0.1, 0.15) is 0 Å². The Labute approximate surface area is 112 Å². The van der Waals surface area contributed by atoms with Gasteiger partial charge in [-0.1, -0.05) is 6.07 Å². The highest BCUT2D eigenvalue weighted by Crippen LogP contribution is 2.28. The van der Waals surface area contributed by atoms with Crippen LogP contribution < -0.4 is 0 Å². The third-order valence-electron chi connectivity index (χ3n) is 3.54. The summed E-state index contributed by atoms with van der Waals surface area (Å²) in [5.41, 5.74) is 2.59. The van der Waals surface area contributed by atoms with Crippen LogP contribution in [0.2, 0.25) is 0 Å². The van der Waals surface area contributed by atoms with E-state index in [0.29, 0.717) is 24.5 Å². The summed E-state index contributed by atoms with van der Waals surface area (Å²) in [6, 6.07) is 5.25. The molecule has 0 spiro atoms. The number of carboxylic acid groups (broad SMARTS) is 1. The van der Waals surface area contributed by atoms with E-state index >= 15 is 0 Å². The molecule has 0 aromatic heterocycles. The van der Waals surface area contributed by atoms with E-state index in [1.807, 2.05) is 13.0 Å². The second kappa shape index (κ2) is 5.87. The molecule has 2 rings (SSSR count). The molecule has 0 heterocycles. The van der Waals surface area contributed by atoms with Crippen molar-refractivity contribution < 1.29 is 19.4 Å². The fraction of sp³-hybridized carbons (Fsp3) is 0.467. The van der Waals surface area contributed by atoms with E-state index in [2.05, 4.69) is 0 Å². The average molecular weight is 262 g/mol. The normalized spacial score (nSPS) is 17.6. The predicted molar refractivity (Wildman–Crippen MR) is 70.2 cm³/mol. The molecule has 1 aliphatic carbocycles. The topological polar surface area (TPSA) is 63.6 Å². The van der Waals surface area contributed by atoms with Gasteiger partial charge in [0.15, 0.2) is 0 Å². The number of aryl methyl sites for hydroxylation is 1. The molecule has 4 nitrogen and oxygen atoms in total. The monoisotopic (exact) mass is 262 g/mol. The Balaban J connectivity index is 2.04. The van der Waals surface area contributed by atoms with Crippen LogP contribution >= 0.6 is 0 Å². The highest BCUT2D eigenvalue weighted by molar-refractivity contribution is 5.87. The fourth-order valence-corrected chi connectivity index (χ4v) is 2.59. The number of esters is 1. The molecule has 0 saturated carbocycles. The number of rotatable bonds is 4. The lowest BCUT2D eigenvalue weighted by Crippen LogP contribution is -2.19. The first-order valence-electron chi connectivity index (χ1n) is 6.61. The van der Waals surface area contributed by atoms with E-state index < -0.39 is 5.97 Å². The van der Waals surface area contributed by atoms with Crippen LogP contribution in [-0.4, -0.2) is 23.7 Å². The van der Waals surface area contributed by atoms with Crippen molar-refractivity contribution in [3.05, 3.63) is 34.9 Å². The molecule has 1 aliphatic rings. The zero-order valence-electron chi connectivity index (χ0n) is 11.0. The van der Waals surface area contributed by atoms with Crippen molar-refractivity contribution in [3.63, 3.8) is 0 Å². The first-order valence-corrected chi connectivity index (χ1v) is 6.61. The van der Waals surface area contributed by atoms with Crippen molar-refractivity contribution in [1.82, 2.24) is 0 Å². The molecule has 0 amide bonds. The van der Waals surface area contributed by atoms with Crippen LogP contribution in [-0.2, 0) is 22.4 Å². The van der Waals surface area contributed by atoms with Gasteiger partial charge in [0.05, 0.1) is 12.2 Å². The summed E-state index contributed by atoms with van der Waals surface area (Å²) >= 11 is 0. The molecular weight excluding hydrogens is 244 g/mol. The maximum atomic E-state index is 11.5. The highest BCUT2D eigenvalue weighted by Gasteiger charge is 2.22. The van der Waals surface area contributed by atoms with Crippen molar-refractivity contribution in [2.75, 3.05) is 6.61 Å². The number of carboxylic acids is 1. The Morgan fingerprint density at radius 2 is 2.16 bits per heavy atom. The van der Waals surface area contributed by atoms with Gasteiger partial charge in [0, 0.05) is 6.42 Å². The van der Waals surface area contributed by atoms with Crippen LogP contribution in [0.4, 0.5) is 0 Å². The van der Waals surface area contributed by atoms with Gasteiger partial charge in [0.2, 0.25) is 0 Å². The number of hydrogen-bond donors (Lipinski definition) is 1. The van der Waals surface area contributed by atoms with Crippen LogP contribution in [0.5, 0.6) is 0 Å². The SMILES string of the molecule is CCOC(=O)CC1CCc2cc(C(=O)O)ccc2C1. The molecule has 1 unspecified atom stereocenters. The van der Waals surface area contributed by atoms with Gasteiger partial charge in [-0.3, -0.25) is 4.79 Å². The van der Waals surface area contributed by atoms with Crippen molar-refractivity contribution in [3.8, 4) is 0 Å². The number of fused-ring (bicyclic) bond motifs is 1. The lowest BCUT2D eigenvalue weighted by Gasteiger charge is -2.24. The molecule has 1 atom stereocenters. The molecular formula is C15H18O4. The smallest absolute Gasteiger partial charge is 0.335 e. The quantitative estimate of drug-likeness (QED) is 0.846. The zero-order chi connectivity index (χ0) is 13.8. The van der Waals surface area contributed by atoms with Crippen molar-refractivity contribution >= 4 is 11.9 Å². The first-order chi connectivity index (χ1) is 9.10. The second-order valence-corrected chi connectivity index (χ2v) is 4.91. The van der Waals surface area contributed by atoms with Gasteiger partial charge in [0.25, 0.3) is 0 Å². The molecule has 0 aliphatic heterocycles. The summed E-state index contributed by atoms with van der Waals surface area (Å²) in [5, 5.41) is 8.96. The number of carbonyl (C=O) groups excluding carboxylic acids is 1. The Hall–Kier alpha value is -1.84. The Morgan fingerprint density at radius 3 is 2.84 bits per heavy atom. The number of aromatic carboxylic acids is 1. The molecule has 102 valence electrons.